The van der Waals surface area contributed by atoms with Crippen LogP contribution in [0.2, 0.25) is 0 Å². The number of hydrogen-bond donors (Lipinski definition) is 2. The molecule has 0 atom stereocenters. The number of para-hydroxylation sites is 1. The van der Waals surface area contributed by atoms with Crippen molar-refractivity contribution in [1.82, 2.24) is 0 Å². The number of amides is 1. The Morgan fingerprint density at radius 2 is 1.90 bits per heavy atom. The van der Waals surface area contributed by atoms with E-state index in [0.717, 1.165) is 22.7 Å². The number of nitrogens with one attached hydrogen (secondary N) is 2. The molecule has 1 aliphatic heterocycles. The summed E-state index contributed by atoms with van der Waals surface area (Å²) in [4.78, 5) is 12.0. The number of carbonyl (C=O) groups excluding carboxylic acids is 1. The molecule has 0 unspecified atom stereocenters. The van der Waals surface area contributed by atoms with Gasteiger partial charge in [-0.1, -0.05) is 18.2 Å². The quantitative estimate of drug-likeness (QED) is 0.843. The van der Waals surface area contributed by atoms with E-state index in [4.69, 9.17) is 4.74 Å². The monoisotopic (exact) mass is 280 g/mol. The highest BCUT2D eigenvalue weighted by Gasteiger charge is 2.23. The Bertz CT molecular complexity index is 690. The highest BCUT2D eigenvalue weighted by molar-refractivity contribution is 6.31. The lowest BCUT2D eigenvalue weighted by atomic mass is 10.1. The van der Waals surface area contributed by atoms with Crippen molar-refractivity contribution in [3.63, 3.8) is 0 Å². The summed E-state index contributed by atoms with van der Waals surface area (Å²) in [5.74, 6) is 0.745. The molecule has 0 bridgehead atoms. The Hall–Kier alpha value is -2.75. The Morgan fingerprint density at radius 3 is 2.67 bits per heavy atom. The molecule has 2 N–H and O–H groups in total. The molecule has 0 aromatic heterocycles. The van der Waals surface area contributed by atoms with Crippen LogP contribution in [-0.4, -0.2) is 12.5 Å². The van der Waals surface area contributed by atoms with Gasteiger partial charge in [-0.2, -0.15) is 0 Å². The maximum absolute atomic E-state index is 12.0. The molecule has 0 fully saturated rings. The number of benzene rings is 2. The van der Waals surface area contributed by atoms with Gasteiger partial charge in [-0.3, -0.25) is 4.79 Å². The normalized spacial score (nSPS) is 14.7. The Morgan fingerprint density at radius 1 is 1.14 bits per heavy atom. The molecule has 1 amide bonds. The molecule has 3 rings (SSSR count). The van der Waals surface area contributed by atoms with Gasteiger partial charge in [0, 0.05) is 23.1 Å². The fraction of sp³-hybridized carbons (Fsp3) is 0.118. The van der Waals surface area contributed by atoms with Crippen LogP contribution in [-0.2, 0) is 4.79 Å². The predicted molar refractivity (Wildman–Crippen MR) is 84.3 cm³/mol. The number of rotatable bonds is 4. The zero-order valence-electron chi connectivity index (χ0n) is 11.7. The molecular formula is C17H16N2O2. The van der Waals surface area contributed by atoms with Crippen LogP contribution in [0.3, 0.4) is 0 Å². The first kappa shape index (κ1) is 13.2. The SMILES string of the molecule is CCOc1ccc(NC=C2C(=O)Nc3ccccc32)cc1. The molecule has 0 saturated carbocycles. The summed E-state index contributed by atoms with van der Waals surface area (Å²) in [7, 11) is 0. The summed E-state index contributed by atoms with van der Waals surface area (Å²) in [5, 5.41) is 5.99. The first-order chi connectivity index (χ1) is 10.3. The zero-order valence-corrected chi connectivity index (χ0v) is 11.7. The lowest BCUT2D eigenvalue weighted by molar-refractivity contribution is -0.110. The van der Waals surface area contributed by atoms with Crippen molar-refractivity contribution in [3.05, 3.63) is 60.3 Å². The largest absolute Gasteiger partial charge is 0.494 e. The van der Waals surface area contributed by atoms with E-state index in [2.05, 4.69) is 10.6 Å². The van der Waals surface area contributed by atoms with Crippen molar-refractivity contribution in [2.45, 2.75) is 6.92 Å². The van der Waals surface area contributed by atoms with Crippen LogP contribution in [0, 0.1) is 0 Å². The van der Waals surface area contributed by atoms with Gasteiger partial charge in [0.1, 0.15) is 5.75 Å². The van der Waals surface area contributed by atoms with Crippen LogP contribution < -0.4 is 15.4 Å². The summed E-state index contributed by atoms with van der Waals surface area (Å²) in [5.41, 5.74) is 3.31. The molecule has 1 heterocycles. The number of fused-ring (bicyclic) bond motifs is 1. The van der Waals surface area contributed by atoms with Gasteiger partial charge >= 0.3 is 0 Å². The second-order valence-electron chi connectivity index (χ2n) is 4.66. The minimum atomic E-state index is -0.0883. The van der Waals surface area contributed by atoms with Gasteiger partial charge in [-0.05, 0) is 37.3 Å². The second-order valence-corrected chi connectivity index (χ2v) is 4.66. The standard InChI is InChI=1S/C17H16N2O2/c1-2-21-13-9-7-12(8-10-13)18-11-15-14-5-3-4-6-16(14)19-17(15)20/h3-11,18H,2H2,1H3,(H,19,20). The topological polar surface area (TPSA) is 50.4 Å². The molecule has 4 nitrogen and oxygen atoms in total. The number of ether oxygens (including phenoxy) is 1. The van der Waals surface area contributed by atoms with Crippen LogP contribution in [0.25, 0.3) is 5.57 Å². The number of hydrogen-bond acceptors (Lipinski definition) is 3. The molecule has 1 aliphatic rings. The van der Waals surface area contributed by atoms with E-state index in [1.165, 1.54) is 0 Å². The third-order valence-corrected chi connectivity index (χ3v) is 3.26. The molecule has 2 aromatic rings. The van der Waals surface area contributed by atoms with Gasteiger partial charge < -0.3 is 15.4 Å². The van der Waals surface area contributed by atoms with Gasteiger partial charge in [0.25, 0.3) is 5.91 Å². The predicted octanol–water partition coefficient (Wildman–Crippen LogP) is 3.49. The molecule has 106 valence electrons. The van der Waals surface area contributed by atoms with Gasteiger partial charge in [0.15, 0.2) is 0 Å². The fourth-order valence-electron chi connectivity index (χ4n) is 2.25. The van der Waals surface area contributed by atoms with Crippen molar-refractivity contribution < 1.29 is 9.53 Å². The third kappa shape index (κ3) is 2.74. The first-order valence-electron chi connectivity index (χ1n) is 6.88. The lowest BCUT2D eigenvalue weighted by Gasteiger charge is -2.05. The van der Waals surface area contributed by atoms with Gasteiger partial charge in [-0.15, -0.1) is 0 Å². The fourth-order valence-corrected chi connectivity index (χ4v) is 2.25. The van der Waals surface area contributed by atoms with E-state index in [0.29, 0.717) is 12.2 Å². The third-order valence-electron chi connectivity index (χ3n) is 3.26. The molecule has 0 spiro atoms. The van der Waals surface area contributed by atoms with E-state index in [9.17, 15) is 4.79 Å². The van der Waals surface area contributed by atoms with Crippen molar-refractivity contribution in [2.75, 3.05) is 17.2 Å². The van der Waals surface area contributed by atoms with Crippen LogP contribution in [0.15, 0.2) is 54.7 Å². The number of anilines is 2. The zero-order chi connectivity index (χ0) is 14.7. The Balaban J connectivity index is 1.78. The summed E-state index contributed by atoms with van der Waals surface area (Å²) in [6.45, 7) is 2.60. The van der Waals surface area contributed by atoms with E-state index >= 15 is 0 Å². The average molecular weight is 280 g/mol. The maximum atomic E-state index is 12.0. The van der Waals surface area contributed by atoms with Crippen LogP contribution in [0.4, 0.5) is 11.4 Å². The highest BCUT2D eigenvalue weighted by atomic mass is 16.5. The Labute approximate surface area is 123 Å². The van der Waals surface area contributed by atoms with Crippen molar-refractivity contribution >= 4 is 22.9 Å². The highest BCUT2D eigenvalue weighted by Crippen LogP contribution is 2.31. The molecular weight excluding hydrogens is 264 g/mol. The van der Waals surface area contributed by atoms with E-state index in [1.54, 1.807) is 6.20 Å². The minimum Gasteiger partial charge on any atom is -0.494 e. The summed E-state index contributed by atoms with van der Waals surface area (Å²) in [6.07, 6.45) is 1.73. The minimum absolute atomic E-state index is 0.0883. The summed E-state index contributed by atoms with van der Waals surface area (Å²) >= 11 is 0. The smallest absolute Gasteiger partial charge is 0.257 e. The maximum Gasteiger partial charge on any atom is 0.257 e. The summed E-state index contributed by atoms with van der Waals surface area (Å²) < 4.78 is 5.40. The molecule has 0 radical (unpaired) electrons. The van der Waals surface area contributed by atoms with Crippen molar-refractivity contribution in [2.24, 2.45) is 0 Å². The van der Waals surface area contributed by atoms with Gasteiger partial charge in [-0.25, -0.2) is 0 Å². The Kier molecular flexibility index (Phi) is 3.60. The average Bonchev–Trinajstić information content (AvgIpc) is 2.82. The molecule has 0 saturated heterocycles. The number of carbonyl (C=O) groups is 1. The molecule has 0 aliphatic carbocycles. The van der Waals surface area contributed by atoms with E-state index < -0.39 is 0 Å². The van der Waals surface area contributed by atoms with Crippen molar-refractivity contribution in [3.8, 4) is 5.75 Å². The molecule has 4 heteroatoms. The van der Waals surface area contributed by atoms with Gasteiger partial charge in [0.05, 0.1) is 12.2 Å². The van der Waals surface area contributed by atoms with Crippen LogP contribution >= 0.6 is 0 Å². The molecule has 2 aromatic carbocycles. The van der Waals surface area contributed by atoms with E-state index in [1.807, 2.05) is 55.5 Å². The lowest BCUT2D eigenvalue weighted by Crippen LogP contribution is -2.05. The van der Waals surface area contributed by atoms with Gasteiger partial charge in [0.2, 0.25) is 0 Å². The van der Waals surface area contributed by atoms with Crippen molar-refractivity contribution in [1.29, 1.82) is 0 Å². The first-order valence-corrected chi connectivity index (χ1v) is 6.88. The van der Waals surface area contributed by atoms with Crippen LogP contribution in [0.1, 0.15) is 12.5 Å². The summed E-state index contributed by atoms with van der Waals surface area (Å²) in [6, 6.07) is 15.3. The van der Waals surface area contributed by atoms with Crippen LogP contribution in [0.5, 0.6) is 5.75 Å². The molecule has 21 heavy (non-hydrogen) atoms. The second kappa shape index (κ2) is 5.71. The van der Waals surface area contributed by atoms with E-state index in [-0.39, 0.29) is 5.91 Å².